The molecule has 3 nitrogen and oxygen atoms in total. The van der Waals surface area contributed by atoms with Crippen LogP contribution >= 0.6 is 0 Å². The lowest BCUT2D eigenvalue weighted by Gasteiger charge is -2.27. The summed E-state index contributed by atoms with van der Waals surface area (Å²) in [4.78, 5) is 0. The van der Waals surface area contributed by atoms with E-state index in [0.717, 1.165) is 18.8 Å². The molecule has 0 spiro atoms. The van der Waals surface area contributed by atoms with Crippen molar-refractivity contribution < 1.29 is 4.74 Å². The van der Waals surface area contributed by atoms with E-state index in [2.05, 4.69) is 40.3 Å². The molecule has 0 amide bonds. The van der Waals surface area contributed by atoms with Gasteiger partial charge < -0.3 is 14.6 Å². The van der Waals surface area contributed by atoms with Gasteiger partial charge in [0.05, 0.1) is 13.2 Å². The van der Waals surface area contributed by atoms with Gasteiger partial charge in [-0.3, -0.25) is 0 Å². The number of hydrogen-bond donors (Lipinski definition) is 1. The van der Waals surface area contributed by atoms with E-state index in [1.54, 1.807) is 7.11 Å². The highest BCUT2D eigenvalue weighted by molar-refractivity contribution is 5.35. The van der Waals surface area contributed by atoms with Crippen LogP contribution in [0.3, 0.4) is 0 Å². The molecule has 0 saturated carbocycles. The molecule has 0 aliphatic carbocycles. The van der Waals surface area contributed by atoms with Crippen molar-refractivity contribution in [2.75, 3.05) is 13.7 Å². The molecule has 2 aromatic rings. The molecule has 1 aromatic carbocycles. The van der Waals surface area contributed by atoms with Crippen molar-refractivity contribution in [2.24, 2.45) is 0 Å². The molecule has 0 radical (unpaired) electrons. The van der Waals surface area contributed by atoms with Gasteiger partial charge in [-0.25, -0.2) is 0 Å². The van der Waals surface area contributed by atoms with Gasteiger partial charge in [0.2, 0.25) is 0 Å². The molecule has 3 heteroatoms. The maximum Gasteiger partial charge on any atom is 0.119 e. The molecule has 0 unspecified atom stereocenters. The van der Waals surface area contributed by atoms with Crippen molar-refractivity contribution in [3.63, 3.8) is 0 Å². The Hall–Kier alpha value is -1.74. The van der Waals surface area contributed by atoms with E-state index >= 15 is 0 Å². The summed E-state index contributed by atoms with van der Waals surface area (Å²) >= 11 is 0. The lowest BCUT2D eigenvalue weighted by Crippen LogP contribution is -2.33. The third-order valence-electron chi connectivity index (χ3n) is 3.29. The Kier molecular flexibility index (Phi) is 2.61. The maximum atomic E-state index is 5.28. The number of ether oxygens (including phenoxy) is 1. The minimum absolute atomic E-state index is 0.272. The lowest BCUT2D eigenvalue weighted by molar-refractivity contribution is 0.412. The van der Waals surface area contributed by atoms with Crippen molar-refractivity contribution in [1.29, 1.82) is 0 Å². The van der Waals surface area contributed by atoms with Crippen LogP contribution in [0.2, 0.25) is 0 Å². The van der Waals surface area contributed by atoms with Crippen LogP contribution in [0.1, 0.15) is 17.3 Å². The number of rotatable bonds is 2. The summed E-state index contributed by atoms with van der Waals surface area (Å²) < 4.78 is 7.59. The van der Waals surface area contributed by atoms with Crippen molar-refractivity contribution in [1.82, 2.24) is 9.88 Å². The smallest absolute Gasteiger partial charge is 0.119 e. The van der Waals surface area contributed by atoms with Gasteiger partial charge >= 0.3 is 0 Å². The predicted octanol–water partition coefficient (Wildman–Crippen LogP) is 2.19. The van der Waals surface area contributed by atoms with E-state index < -0.39 is 0 Å². The van der Waals surface area contributed by atoms with Crippen molar-refractivity contribution in [3.8, 4) is 5.75 Å². The van der Waals surface area contributed by atoms with Crippen LogP contribution in [-0.4, -0.2) is 18.2 Å². The second-order valence-electron chi connectivity index (χ2n) is 4.29. The standard InChI is InChI=1S/C14H16N2O/c1-17-12-5-2-4-11(10-12)14-13-6-3-8-16(13)9-7-15-14/h2-6,8,10,14-15H,7,9H2,1H3/t14-/m0/s1. The number of fused-ring (bicyclic) bond motifs is 1. The summed E-state index contributed by atoms with van der Waals surface area (Å²) in [5, 5.41) is 3.55. The molecule has 1 aromatic heterocycles. The molecule has 17 heavy (non-hydrogen) atoms. The second-order valence-corrected chi connectivity index (χ2v) is 4.29. The van der Waals surface area contributed by atoms with Gasteiger partial charge in [0.1, 0.15) is 5.75 Å². The molecule has 1 N–H and O–H groups in total. The fraction of sp³-hybridized carbons (Fsp3) is 0.286. The van der Waals surface area contributed by atoms with Crippen molar-refractivity contribution in [3.05, 3.63) is 53.9 Å². The molecule has 3 rings (SSSR count). The SMILES string of the molecule is COc1cccc([C@@H]2NCCn3cccc32)c1. The second kappa shape index (κ2) is 4.26. The van der Waals surface area contributed by atoms with E-state index in [1.807, 2.05) is 12.1 Å². The number of nitrogens with one attached hydrogen (secondary N) is 1. The van der Waals surface area contributed by atoms with Gasteiger partial charge in [0.15, 0.2) is 0 Å². The van der Waals surface area contributed by atoms with Gasteiger partial charge in [-0.1, -0.05) is 12.1 Å². The first kappa shape index (κ1) is 10.4. The first-order chi connectivity index (χ1) is 8.38. The molecular formula is C14H16N2O. The summed E-state index contributed by atoms with van der Waals surface area (Å²) in [6.07, 6.45) is 2.14. The average molecular weight is 228 g/mol. The van der Waals surface area contributed by atoms with Crippen LogP contribution in [0.4, 0.5) is 0 Å². The van der Waals surface area contributed by atoms with Crippen molar-refractivity contribution >= 4 is 0 Å². The average Bonchev–Trinajstić information content (AvgIpc) is 2.87. The molecule has 1 atom stereocenters. The van der Waals surface area contributed by atoms with Gasteiger partial charge in [-0.15, -0.1) is 0 Å². The first-order valence-corrected chi connectivity index (χ1v) is 5.91. The van der Waals surface area contributed by atoms with Gasteiger partial charge in [-0.05, 0) is 29.8 Å². The van der Waals surface area contributed by atoms with Crippen LogP contribution in [0, 0.1) is 0 Å². The molecule has 0 saturated heterocycles. The van der Waals surface area contributed by atoms with E-state index in [0.29, 0.717) is 0 Å². The zero-order valence-corrected chi connectivity index (χ0v) is 9.89. The Labute approximate surface area is 101 Å². The molecule has 88 valence electrons. The summed E-state index contributed by atoms with van der Waals surface area (Å²) in [6.45, 7) is 2.05. The number of aromatic nitrogens is 1. The predicted molar refractivity (Wildman–Crippen MR) is 67.3 cm³/mol. The first-order valence-electron chi connectivity index (χ1n) is 5.91. The summed E-state index contributed by atoms with van der Waals surface area (Å²) in [5.74, 6) is 0.910. The minimum Gasteiger partial charge on any atom is -0.497 e. The fourth-order valence-corrected chi connectivity index (χ4v) is 2.44. The van der Waals surface area contributed by atoms with Gasteiger partial charge in [0.25, 0.3) is 0 Å². The van der Waals surface area contributed by atoms with E-state index in [1.165, 1.54) is 11.3 Å². The molecule has 2 heterocycles. The van der Waals surface area contributed by atoms with Crippen LogP contribution in [0.15, 0.2) is 42.6 Å². The van der Waals surface area contributed by atoms with E-state index in [4.69, 9.17) is 4.74 Å². The largest absolute Gasteiger partial charge is 0.497 e. The van der Waals surface area contributed by atoms with Gasteiger partial charge in [-0.2, -0.15) is 0 Å². The zero-order valence-electron chi connectivity index (χ0n) is 9.89. The Morgan fingerprint density at radius 2 is 2.24 bits per heavy atom. The number of hydrogen-bond acceptors (Lipinski definition) is 2. The quantitative estimate of drug-likeness (QED) is 0.852. The zero-order chi connectivity index (χ0) is 11.7. The Bertz CT molecular complexity index is 518. The van der Waals surface area contributed by atoms with Crippen LogP contribution in [-0.2, 0) is 6.54 Å². The highest BCUT2D eigenvalue weighted by atomic mass is 16.5. The summed E-state index contributed by atoms with van der Waals surface area (Å²) in [7, 11) is 1.70. The monoisotopic (exact) mass is 228 g/mol. The number of benzene rings is 1. The Balaban J connectivity index is 2.00. The molecule has 1 aliphatic heterocycles. The summed E-state index contributed by atoms with van der Waals surface area (Å²) in [6, 6.07) is 12.8. The van der Waals surface area contributed by atoms with Crippen molar-refractivity contribution in [2.45, 2.75) is 12.6 Å². The molecule has 1 aliphatic rings. The Morgan fingerprint density at radius 1 is 1.29 bits per heavy atom. The van der Waals surface area contributed by atoms with Crippen LogP contribution in [0.5, 0.6) is 5.75 Å². The van der Waals surface area contributed by atoms with Gasteiger partial charge in [0, 0.05) is 25.0 Å². The highest BCUT2D eigenvalue weighted by Crippen LogP contribution is 2.27. The van der Waals surface area contributed by atoms with Crippen LogP contribution < -0.4 is 10.1 Å². The fourth-order valence-electron chi connectivity index (χ4n) is 2.44. The van der Waals surface area contributed by atoms with E-state index in [9.17, 15) is 0 Å². The normalized spacial score (nSPS) is 18.8. The highest BCUT2D eigenvalue weighted by Gasteiger charge is 2.20. The minimum atomic E-state index is 0.272. The molecular weight excluding hydrogens is 212 g/mol. The number of nitrogens with zero attached hydrogens (tertiary/aromatic N) is 1. The lowest BCUT2D eigenvalue weighted by atomic mass is 10.0. The topological polar surface area (TPSA) is 26.2 Å². The Morgan fingerprint density at radius 3 is 3.12 bits per heavy atom. The summed E-state index contributed by atoms with van der Waals surface area (Å²) in [5.41, 5.74) is 2.58. The third-order valence-corrected chi connectivity index (χ3v) is 3.29. The van der Waals surface area contributed by atoms with Crippen LogP contribution in [0.25, 0.3) is 0 Å². The number of methoxy groups -OCH3 is 1. The molecule has 0 bridgehead atoms. The molecule has 0 fully saturated rings. The van der Waals surface area contributed by atoms with E-state index in [-0.39, 0.29) is 6.04 Å². The maximum absolute atomic E-state index is 5.28. The third kappa shape index (κ3) is 1.83.